The number of benzene rings is 1. The molecule has 1 aromatic carbocycles. The van der Waals surface area contributed by atoms with E-state index < -0.39 is 0 Å². The third-order valence-electron chi connectivity index (χ3n) is 4.51. The lowest BCUT2D eigenvalue weighted by molar-refractivity contribution is -0.0110. The van der Waals surface area contributed by atoms with Crippen molar-refractivity contribution in [3.8, 4) is 5.75 Å². The number of aryl methyl sites for hydroxylation is 2. The highest BCUT2D eigenvalue weighted by Crippen LogP contribution is 2.18. The molecule has 1 fully saturated rings. The average molecular weight is 372 g/mol. The second kappa shape index (κ2) is 9.97. The summed E-state index contributed by atoms with van der Waals surface area (Å²) in [7, 11) is 1.90. The van der Waals surface area contributed by atoms with Crippen molar-refractivity contribution in [2.45, 2.75) is 38.2 Å². The third kappa shape index (κ3) is 6.60. The van der Waals surface area contributed by atoms with Gasteiger partial charge in [0.15, 0.2) is 0 Å². The summed E-state index contributed by atoms with van der Waals surface area (Å²) in [6.45, 7) is 2.02. The van der Waals surface area contributed by atoms with Crippen LogP contribution in [0.2, 0.25) is 0 Å². The highest BCUT2D eigenvalue weighted by atomic mass is 16.5. The molecule has 0 bridgehead atoms. The van der Waals surface area contributed by atoms with E-state index in [1.165, 1.54) is 12.0 Å². The monoisotopic (exact) mass is 372 g/mol. The van der Waals surface area contributed by atoms with Gasteiger partial charge in [0.2, 0.25) is 0 Å². The summed E-state index contributed by atoms with van der Waals surface area (Å²) in [5, 5.41) is 9.83. The van der Waals surface area contributed by atoms with Gasteiger partial charge in [-0.15, -0.1) is 0 Å². The minimum Gasteiger partial charge on any atom is -0.491 e. The SMILES string of the molecule is Cn1cc(CCCNC(=O)Nc2ccc(OC[C@H]3CCCCO3)cc2)cn1. The lowest BCUT2D eigenvalue weighted by atomic mass is 10.1. The summed E-state index contributed by atoms with van der Waals surface area (Å²) in [4.78, 5) is 12.0. The van der Waals surface area contributed by atoms with Crippen LogP contribution in [0, 0.1) is 0 Å². The van der Waals surface area contributed by atoms with Gasteiger partial charge in [0.25, 0.3) is 0 Å². The second-order valence-corrected chi connectivity index (χ2v) is 6.83. The lowest BCUT2D eigenvalue weighted by Crippen LogP contribution is -2.29. The molecule has 1 aliphatic heterocycles. The first-order valence-electron chi connectivity index (χ1n) is 9.56. The molecule has 1 atom stereocenters. The molecule has 7 nitrogen and oxygen atoms in total. The van der Waals surface area contributed by atoms with Crippen LogP contribution in [0.1, 0.15) is 31.2 Å². The van der Waals surface area contributed by atoms with Gasteiger partial charge < -0.3 is 20.1 Å². The first-order chi connectivity index (χ1) is 13.2. The van der Waals surface area contributed by atoms with Gasteiger partial charge in [-0.05, 0) is 61.9 Å². The molecule has 2 amide bonds. The standard InChI is InChI=1S/C20H28N4O3/c1-24-14-16(13-22-24)5-4-11-21-20(25)23-17-7-9-18(10-8-17)27-15-19-6-2-3-12-26-19/h7-10,13-14,19H,2-6,11-12,15H2,1H3,(H2,21,23,25)/t19-/m1/s1. The van der Waals surface area contributed by atoms with Gasteiger partial charge in [-0.2, -0.15) is 5.10 Å². The fraction of sp³-hybridized carbons (Fsp3) is 0.500. The molecule has 2 N–H and O–H groups in total. The van der Waals surface area contributed by atoms with E-state index in [1.807, 2.05) is 43.7 Å². The van der Waals surface area contributed by atoms with Crippen LogP contribution in [0.5, 0.6) is 5.75 Å². The van der Waals surface area contributed by atoms with E-state index >= 15 is 0 Å². The Labute approximate surface area is 160 Å². The Balaban J connectivity index is 1.32. The van der Waals surface area contributed by atoms with E-state index in [-0.39, 0.29) is 12.1 Å². The van der Waals surface area contributed by atoms with Crippen LogP contribution in [0.15, 0.2) is 36.7 Å². The van der Waals surface area contributed by atoms with Gasteiger partial charge in [0, 0.05) is 32.1 Å². The number of anilines is 1. The van der Waals surface area contributed by atoms with Crippen molar-refractivity contribution in [1.82, 2.24) is 15.1 Å². The summed E-state index contributed by atoms with van der Waals surface area (Å²) in [5.74, 6) is 0.784. The molecule has 2 aromatic rings. The zero-order valence-corrected chi connectivity index (χ0v) is 15.8. The number of carbonyl (C=O) groups excluding carboxylic acids is 1. The fourth-order valence-electron chi connectivity index (χ4n) is 3.03. The molecule has 1 saturated heterocycles. The highest BCUT2D eigenvalue weighted by molar-refractivity contribution is 5.89. The van der Waals surface area contributed by atoms with Gasteiger partial charge in [-0.3, -0.25) is 4.68 Å². The first kappa shape index (κ1) is 19.2. The Morgan fingerprint density at radius 2 is 2.19 bits per heavy atom. The molecule has 7 heteroatoms. The number of hydrogen-bond acceptors (Lipinski definition) is 4. The number of aromatic nitrogens is 2. The molecule has 0 saturated carbocycles. The number of rotatable bonds is 8. The quantitative estimate of drug-likeness (QED) is 0.698. The number of ether oxygens (including phenoxy) is 2. The zero-order valence-electron chi connectivity index (χ0n) is 15.8. The van der Waals surface area contributed by atoms with Crippen LogP contribution in [0.3, 0.4) is 0 Å². The molecular formula is C20H28N4O3. The summed E-state index contributed by atoms with van der Waals surface area (Å²) < 4.78 is 13.2. The maximum Gasteiger partial charge on any atom is 0.319 e. The maximum atomic E-state index is 12.0. The Kier molecular flexibility index (Phi) is 7.10. The van der Waals surface area contributed by atoms with Gasteiger partial charge >= 0.3 is 6.03 Å². The minimum atomic E-state index is -0.203. The van der Waals surface area contributed by atoms with Crippen LogP contribution in [-0.2, 0) is 18.2 Å². The maximum absolute atomic E-state index is 12.0. The molecule has 1 aliphatic rings. The number of urea groups is 1. The number of amides is 2. The predicted octanol–water partition coefficient (Wildman–Crippen LogP) is 3.12. The Morgan fingerprint density at radius 1 is 1.33 bits per heavy atom. The van der Waals surface area contributed by atoms with E-state index in [0.717, 1.165) is 43.7 Å². The summed E-state index contributed by atoms with van der Waals surface area (Å²) >= 11 is 0. The Bertz CT molecular complexity index is 708. The molecule has 0 unspecified atom stereocenters. The van der Waals surface area contributed by atoms with Crippen molar-refractivity contribution >= 4 is 11.7 Å². The summed E-state index contributed by atoms with van der Waals surface area (Å²) in [6, 6.07) is 7.20. The minimum absolute atomic E-state index is 0.189. The normalized spacial score (nSPS) is 16.7. The molecule has 3 rings (SSSR count). The van der Waals surface area contributed by atoms with Crippen molar-refractivity contribution in [2.24, 2.45) is 7.05 Å². The first-order valence-corrected chi connectivity index (χ1v) is 9.56. The van der Waals surface area contributed by atoms with E-state index in [0.29, 0.717) is 13.2 Å². The van der Waals surface area contributed by atoms with E-state index in [2.05, 4.69) is 15.7 Å². The van der Waals surface area contributed by atoms with Crippen LogP contribution < -0.4 is 15.4 Å². The molecular weight excluding hydrogens is 344 g/mol. The van der Waals surface area contributed by atoms with Crippen molar-refractivity contribution in [3.05, 3.63) is 42.2 Å². The second-order valence-electron chi connectivity index (χ2n) is 6.83. The number of nitrogens with zero attached hydrogens (tertiary/aromatic N) is 2. The van der Waals surface area contributed by atoms with Crippen LogP contribution in [0.4, 0.5) is 10.5 Å². The van der Waals surface area contributed by atoms with Gasteiger partial charge in [0.1, 0.15) is 12.4 Å². The number of hydrogen-bond donors (Lipinski definition) is 2. The van der Waals surface area contributed by atoms with Crippen molar-refractivity contribution in [3.63, 3.8) is 0 Å². The Morgan fingerprint density at radius 3 is 2.89 bits per heavy atom. The predicted molar refractivity (Wildman–Crippen MR) is 104 cm³/mol. The van der Waals surface area contributed by atoms with Crippen LogP contribution >= 0.6 is 0 Å². The average Bonchev–Trinajstić information content (AvgIpc) is 3.11. The molecule has 1 aromatic heterocycles. The zero-order chi connectivity index (χ0) is 18.9. The largest absolute Gasteiger partial charge is 0.491 e. The van der Waals surface area contributed by atoms with Gasteiger partial charge in [-0.25, -0.2) is 4.79 Å². The number of nitrogens with one attached hydrogen (secondary N) is 2. The van der Waals surface area contributed by atoms with Crippen molar-refractivity contribution in [1.29, 1.82) is 0 Å². The fourth-order valence-corrected chi connectivity index (χ4v) is 3.03. The van der Waals surface area contributed by atoms with Crippen molar-refractivity contribution < 1.29 is 14.3 Å². The topological polar surface area (TPSA) is 77.4 Å². The molecule has 2 heterocycles. The Hall–Kier alpha value is -2.54. The van der Waals surface area contributed by atoms with Crippen LogP contribution in [0.25, 0.3) is 0 Å². The van der Waals surface area contributed by atoms with E-state index in [1.54, 1.807) is 4.68 Å². The van der Waals surface area contributed by atoms with Gasteiger partial charge in [-0.1, -0.05) is 0 Å². The van der Waals surface area contributed by atoms with Crippen molar-refractivity contribution in [2.75, 3.05) is 25.1 Å². The molecule has 27 heavy (non-hydrogen) atoms. The van der Waals surface area contributed by atoms with Crippen LogP contribution in [-0.4, -0.2) is 41.7 Å². The molecule has 0 spiro atoms. The summed E-state index contributed by atoms with van der Waals surface area (Å²) in [6.07, 6.45) is 9.19. The molecule has 0 aliphatic carbocycles. The number of carbonyl (C=O) groups is 1. The van der Waals surface area contributed by atoms with Gasteiger partial charge in [0.05, 0.1) is 12.3 Å². The highest BCUT2D eigenvalue weighted by Gasteiger charge is 2.14. The summed E-state index contributed by atoms with van der Waals surface area (Å²) in [5.41, 5.74) is 1.91. The third-order valence-corrected chi connectivity index (χ3v) is 4.51. The smallest absolute Gasteiger partial charge is 0.319 e. The van der Waals surface area contributed by atoms with E-state index in [9.17, 15) is 4.79 Å². The lowest BCUT2D eigenvalue weighted by Gasteiger charge is -2.22. The van der Waals surface area contributed by atoms with E-state index in [4.69, 9.17) is 9.47 Å². The molecule has 0 radical (unpaired) electrons. The molecule has 146 valence electrons.